The molecule has 0 saturated carbocycles. The first-order valence-corrected chi connectivity index (χ1v) is 5.83. The maximum absolute atomic E-state index is 11.7. The summed E-state index contributed by atoms with van der Waals surface area (Å²) in [4.78, 5) is 24.8. The first kappa shape index (κ1) is 12.3. The minimum atomic E-state index is -0.0841. The number of rotatable bonds is 3. The molecule has 0 aliphatic heterocycles. The molecule has 1 N–H and O–H groups in total. The third kappa shape index (κ3) is 2.25. The fourth-order valence-corrected chi connectivity index (χ4v) is 1.80. The molecule has 5 heteroatoms. The molecule has 0 amide bonds. The van der Waals surface area contributed by atoms with Crippen LogP contribution in [0, 0.1) is 0 Å². The summed E-state index contributed by atoms with van der Waals surface area (Å²) in [5.74, 6) is 0.877. The maximum atomic E-state index is 11.7. The monoisotopic (exact) mass is 244 g/mol. The second-order valence-corrected chi connectivity index (χ2v) is 4.21. The van der Waals surface area contributed by atoms with Crippen molar-refractivity contribution in [3.8, 4) is 11.3 Å². The van der Waals surface area contributed by atoms with Gasteiger partial charge in [0, 0.05) is 31.4 Å². The molecule has 18 heavy (non-hydrogen) atoms. The second-order valence-electron chi connectivity index (χ2n) is 4.21. The van der Waals surface area contributed by atoms with E-state index in [-0.39, 0.29) is 5.56 Å². The van der Waals surface area contributed by atoms with Crippen LogP contribution in [0.3, 0.4) is 0 Å². The number of hydrogen-bond donors (Lipinski definition) is 1. The van der Waals surface area contributed by atoms with Crippen molar-refractivity contribution in [3.05, 3.63) is 40.6 Å². The molecule has 0 fully saturated rings. The van der Waals surface area contributed by atoms with E-state index in [1.54, 1.807) is 6.20 Å². The van der Waals surface area contributed by atoms with Gasteiger partial charge in [-0.2, -0.15) is 0 Å². The zero-order valence-corrected chi connectivity index (χ0v) is 10.8. The molecule has 2 rings (SSSR count). The molecule has 94 valence electrons. The summed E-state index contributed by atoms with van der Waals surface area (Å²) in [6, 6.07) is 3.85. The van der Waals surface area contributed by atoms with Gasteiger partial charge < -0.3 is 9.88 Å². The number of nitrogens with zero attached hydrogens (tertiary/aromatic N) is 3. The van der Waals surface area contributed by atoms with Gasteiger partial charge in [0.1, 0.15) is 5.82 Å². The summed E-state index contributed by atoms with van der Waals surface area (Å²) in [6.45, 7) is 1.94. The number of anilines is 1. The summed E-state index contributed by atoms with van der Waals surface area (Å²) in [6.07, 6.45) is 3.82. The highest BCUT2D eigenvalue weighted by Gasteiger charge is 2.09. The molecular formula is C13H16N4O. The average molecular weight is 244 g/mol. The summed E-state index contributed by atoms with van der Waals surface area (Å²) < 4.78 is 0. The largest absolute Gasteiger partial charge is 0.363 e. The van der Waals surface area contributed by atoms with E-state index in [0.29, 0.717) is 17.7 Å². The Hall–Kier alpha value is -2.17. The lowest BCUT2D eigenvalue weighted by atomic mass is 10.1. The number of H-pyrrole nitrogens is 1. The fraction of sp³-hybridized carbons (Fsp3) is 0.308. The van der Waals surface area contributed by atoms with Crippen LogP contribution in [-0.2, 0) is 6.42 Å². The number of nitrogens with one attached hydrogen (secondary N) is 1. The first-order chi connectivity index (χ1) is 8.63. The third-order valence-corrected chi connectivity index (χ3v) is 2.78. The summed E-state index contributed by atoms with van der Waals surface area (Å²) in [7, 11) is 3.87. The van der Waals surface area contributed by atoms with E-state index >= 15 is 0 Å². The van der Waals surface area contributed by atoms with E-state index in [1.165, 1.54) is 6.33 Å². The van der Waals surface area contributed by atoms with Crippen LogP contribution in [0.15, 0.2) is 29.5 Å². The minimum absolute atomic E-state index is 0.0841. The van der Waals surface area contributed by atoms with Gasteiger partial charge in [-0.15, -0.1) is 0 Å². The summed E-state index contributed by atoms with van der Waals surface area (Å²) in [5.41, 5.74) is 2.18. The van der Waals surface area contributed by atoms with Crippen LogP contribution in [0.25, 0.3) is 11.3 Å². The van der Waals surface area contributed by atoms with Gasteiger partial charge in [-0.25, -0.2) is 9.97 Å². The smallest absolute Gasteiger partial charge is 0.254 e. The number of aromatic nitrogens is 3. The van der Waals surface area contributed by atoms with E-state index in [4.69, 9.17) is 0 Å². The third-order valence-electron chi connectivity index (χ3n) is 2.78. The molecule has 0 saturated heterocycles. The Morgan fingerprint density at radius 2 is 2.06 bits per heavy atom. The van der Waals surface area contributed by atoms with Crippen molar-refractivity contribution < 1.29 is 0 Å². The van der Waals surface area contributed by atoms with Crippen LogP contribution >= 0.6 is 0 Å². The van der Waals surface area contributed by atoms with Crippen LogP contribution in [0.1, 0.15) is 12.5 Å². The summed E-state index contributed by atoms with van der Waals surface area (Å²) >= 11 is 0. The van der Waals surface area contributed by atoms with Gasteiger partial charge in [0.25, 0.3) is 5.56 Å². The Kier molecular flexibility index (Phi) is 3.41. The van der Waals surface area contributed by atoms with Crippen molar-refractivity contribution in [1.29, 1.82) is 0 Å². The van der Waals surface area contributed by atoms with E-state index < -0.39 is 0 Å². The Morgan fingerprint density at radius 3 is 2.61 bits per heavy atom. The zero-order valence-electron chi connectivity index (χ0n) is 10.8. The highest BCUT2D eigenvalue weighted by atomic mass is 16.1. The van der Waals surface area contributed by atoms with Crippen molar-refractivity contribution in [3.63, 3.8) is 0 Å². The molecule has 0 atom stereocenters. The molecule has 2 heterocycles. The number of pyridine rings is 1. The molecule has 0 aliphatic rings. The van der Waals surface area contributed by atoms with Crippen LogP contribution in [0.4, 0.5) is 5.82 Å². The molecular weight excluding hydrogens is 228 g/mol. The minimum Gasteiger partial charge on any atom is -0.363 e. The topological polar surface area (TPSA) is 61.9 Å². The lowest BCUT2D eigenvalue weighted by molar-refractivity contribution is 1.01. The molecule has 0 aliphatic carbocycles. The van der Waals surface area contributed by atoms with Crippen molar-refractivity contribution in [2.24, 2.45) is 0 Å². The van der Waals surface area contributed by atoms with Gasteiger partial charge >= 0.3 is 0 Å². The average Bonchev–Trinajstić information content (AvgIpc) is 2.38. The van der Waals surface area contributed by atoms with Gasteiger partial charge in [0.05, 0.1) is 12.0 Å². The lowest BCUT2D eigenvalue weighted by Gasteiger charge is -2.11. The number of aromatic amines is 1. The van der Waals surface area contributed by atoms with Crippen molar-refractivity contribution in [2.45, 2.75) is 13.3 Å². The van der Waals surface area contributed by atoms with Crippen molar-refractivity contribution >= 4 is 5.82 Å². The predicted molar refractivity (Wildman–Crippen MR) is 71.8 cm³/mol. The lowest BCUT2D eigenvalue weighted by Crippen LogP contribution is -2.14. The number of hydrogen-bond acceptors (Lipinski definition) is 4. The Morgan fingerprint density at radius 1 is 1.28 bits per heavy atom. The highest BCUT2D eigenvalue weighted by Crippen LogP contribution is 2.20. The van der Waals surface area contributed by atoms with Crippen LogP contribution in [0.2, 0.25) is 0 Å². The standard InChI is InChI=1S/C13H16N4O/c1-4-10-12(15-8-16-13(10)18)9-5-6-11(14-7-9)17(2)3/h5-8H,4H2,1-3H3,(H,15,16,18). The molecule has 2 aromatic rings. The van der Waals surface area contributed by atoms with Crippen molar-refractivity contribution in [1.82, 2.24) is 15.0 Å². The Labute approximate surface area is 106 Å². The van der Waals surface area contributed by atoms with Crippen LogP contribution in [0.5, 0.6) is 0 Å². The molecule has 5 nitrogen and oxygen atoms in total. The molecule has 0 radical (unpaired) electrons. The predicted octanol–water partition coefficient (Wildman–Crippen LogP) is 1.46. The van der Waals surface area contributed by atoms with Gasteiger partial charge in [-0.1, -0.05) is 6.92 Å². The molecule has 0 aromatic carbocycles. The molecule has 2 aromatic heterocycles. The normalized spacial score (nSPS) is 10.4. The van der Waals surface area contributed by atoms with Gasteiger partial charge in [0.2, 0.25) is 0 Å². The quantitative estimate of drug-likeness (QED) is 0.888. The van der Waals surface area contributed by atoms with Gasteiger partial charge in [0.15, 0.2) is 0 Å². The SMILES string of the molecule is CCc1c(-c2ccc(N(C)C)nc2)nc[nH]c1=O. The Bertz CT molecular complexity index is 587. The molecule has 0 spiro atoms. The zero-order chi connectivity index (χ0) is 13.1. The van der Waals surface area contributed by atoms with E-state index in [0.717, 1.165) is 11.4 Å². The van der Waals surface area contributed by atoms with E-state index in [9.17, 15) is 4.79 Å². The molecule has 0 bridgehead atoms. The maximum Gasteiger partial charge on any atom is 0.254 e. The first-order valence-electron chi connectivity index (χ1n) is 5.83. The highest BCUT2D eigenvalue weighted by molar-refractivity contribution is 5.62. The van der Waals surface area contributed by atoms with Crippen LogP contribution < -0.4 is 10.5 Å². The van der Waals surface area contributed by atoms with E-state index in [2.05, 4.69) is 15.0 Å². The molecule has 0 unspecified atom stereocenters. The van der Waals surface area contributed by atoms with Gasteiger partial charge in [-0.05, 0) is 18.6 Å². The second kappa shape index (κ2) is 5.00. The Balaban J connectivity index is 2.49. The van der Waals surface area contributed by atoms with Crippen LogP contribution in [-0.4, -0.2) is 29.0 Å². The van der Waals surface area contributed by atoms with E-state index in [1.807, 2.05) is 38.1 Å². The van der Waals surface area contributed by atoms with Crippen molar-refractivity contribution in [2.75, 3.05) is 19.0 Å². The van der Waals surface area contributed by atoms with Gasteiger partial charge in [-0.3, -0.25) is 4.79 Å². The summed E-state index contributed by atoms with van der Waals surface area (Å²) in [5, 5.41) is 0. The fourth-order valence-electron chi connectivity index (χ4n) is 1.80.